The number of nitrogens with zero attached hydrogens (tertiary/aromatic N) is 3. The smallest absolute Gasteiger partial charge is 0.242 e. The number of nitrogens with one attached hydrogen (secondary N) is 1. The van der Waals surface area contributed by atoms with Crippen LogP contribution < -0.4 is 5.32 Å². The minimum atomic E-state index is -3.72. The van der Waals surface area contributed by atoms with E-state index in [1.807, 2.05) is 11.4 Å². The monoisotopic (exact) mass is 486 g/mol. The molecule has 160 valence electrons. The molecule has 1 aromatic carbocycles. The number of aromatic nitrogens is 2. The van der Waals surface area contributed by atoms with Crippen molar-refractivity contribution in [1.29, 1.82) is 0 Å². The van der Waals surface area contributed by atoms with E-state index in [1.165, 1.54) is 35.4 Å². The van der Waals surface area contributed by atoms with Gasteiger partial charge in [-0.3, -0.25) is 4.79 Å². The van der Waals surface area contributed by atoms with E-state index < -0.39 is 15.8 Å². The van der Waals surface area contributed by atoms with Crippen LogP contribution in [0.3, 0.4) is 0 Å². The van der Waals surface area contributed by atoms with E-state index in [0.717, 1.165) is 26.5 Å². The number of hydrogen-bond acceptors (Lipinski definition) is 8. The van der Waals surface area contributed by atoms with Gasteiger partial charge in [-0.25, -0.2) is 17.1 Å². The van der Waals surface area contributed by atoms with Gasteiger partial charge in [0.2, 0.25) is 21.1 Å². The van der Waals surface area contributed by atoms with Crippen molar-refractivity contribution in [2.45, 2.75) is 27.8 Å². The van der Waals surface area contributed by atoms with Crippen molar-refractivity contribution in [2.24, 2.45) is 0 Å². The first-order valence-electron chi connectivity index (χ1n) is 8.85. The summed E-state index contributed by atoms with van der Waals surface area (Å²) in [6.45, 7) is 0.158. The summed E-state index contributed by atoms with van der Waals surface area (Å²) in [5.41, 5.74) is 0. The number of carbonyl (C=O) groups is 1. The Labute approximate surface area is 186 Å². The first-order chi connectivity index (χ1) is 14.3. The van der Waals surface area contributed by atoms with Crippen LogP contribution in [0.2, 0.25) is 0 Å². The largest absolute Gasteiger partial charge is 0.301 e. The summed E-state index contributed by atoms with van der Waals surface area (Å²) in [6, 6.07) is 8.69. The summed E-state index contributed by atoms with van der Waals surface area (Å²) < 4.78 is 39.8. The number of anilines is 1. The highest BCUT2D eigenvalue weighted by Gasteiger charge is 2.20. The lowest BCUT2D eigenvalue weighted by atomic mass is 10.3. The van der Waals surface area contributed by atoms with Gasteiger partial charge in [0.25, 0.3) is 0 Å². The third-order valence-electron chi connectivity index (χ3n) is 3.97. The average molecular weight is 487 g/mol. The van der Waals surface area contributed by atoms with E-state index in [1.54, 1.807) is 23.1 Å². The van der Waals surface area contributed by atoms with E-state index in [0.29, 0.717) is 11.6 Å². The van der Waals surface area contributed by atoms with Crippen LogP contribution in [0.5, 0.6) is 0 Å². The van der Waals surface area contributed by atoms with Crippen molar-refractivity contribution < 1.29 is 17.6 Å². The predicted molar refractivity (Wildman–Crippen MR) is 118 cm³/mol. The number of halogens is 1. The van der Waals surface area contributed by atoms with Crippen molar-refractivity contribution in [3.8, 4) is 0 Å². The highest BCUT2D eigenvalue weighted by atomic mass is 32.2. The van der Waals surface area contributed by atoms with E-state index in [9.17, 15) is 17.6 Å². The summed E-state index contributed by atoms with van der Waals surface area (Å²) in [7, 11) is -2.29. The quantitative estimate of drug-likeness (QED) is 0.343. The highest BCUT2D eigenvalue weighted by molar-refractivity contribution is 8.00. The lowest BCUT2D eigenvalue weighted by molar-refractivity contribution is -0.116. The second kappa shape index (κ2) is 10.4. The Kier molecular flexibility index (Phi) is 7.94. The van der Waals surface area contributed by atoms with E-state index in [2.05, 4.69) is 21.6 Å². The third kappa shape index (κ3) is 6.32. The lowest BCUT2D eigenvalue weighted by Gasteiger charge is -2.16. The van der Waals surface area contributed by atoms with Crippen LogP contribution in [0.25, 0.3) is 0 Å². The van der Waals surface area contributed by atoms with Gasteiger partial charge in [-0.05, 0) is 42.1 Å². The van der Waals surface area contributed by atoms with Crippen LogP contribution in [-0.2, 0) is 20.6 Å². The number of carbonyl (C=O) groups excluding carboxylic acids is 1. The maximum atomic E-state index is 13.0. The second-order valence-corrected chi connectivity index (χ2v) is 11.5. The number of benzene rings is 1. The van der Waals surface area contributed by atoms with Crippen LogP contribution >= 0.6 is 34.4 Å². The summed E-state index contributed by atoms with van der Waals surface area (Å²) >= 11 is 4.53. The van der Waals surface area contributed by atoms with E-state index >= 15 is 0 Å². The molecule has 2 aromatic heterocycles. The third-order valence-corrected chi connectivity index (χ3v) is 8.92. The second-order valence-electron chi connectivity index (χ2n) is 6.17. The number of amides is 1. The van der Waals surface area contributed by atoms with Crippen molar-refractivity contribution in [3.05, 3.63) is 52.5 Å². The molecule has 3 rings (SSSR count). The number of sulfonamides is 1. The zero-order valence-electron chi connectivity index (χ0n) is 15.9. The zero-order chi connectivity index (χ0) is 21.6. The minimum Gasteiger partial charge on any atom is -0.301 e. The van der Waals surface area contributed by atoms with Crippen molar-refractivity contribution in [3.63, 3.8) is 0 Å². The molecule has 1 N–H and O–H groups in total. The van der Waals surface area contributed by atoms with Crippen LogP contribution in [0.15, 0.2) is 51.0 Å². The molecular formula is C18H19FN4O3S4. The molecule has 0 saturated carbocycles. The van der Waals surface area contributed by atoms with Crippen molar-refractivity contribution >= 4 is 55.5 Å². The van der Waals surface area contributed by atoms with Crippen molar-refractivity contribution in [2.75, 3.05) is 18.9 Å². The molecule has 1 amide bonds. The molecule has 0 aliphatic carbocycles. The van der Waals surface area contributed by atoms with Gasteiger partial charge < -0.3 is 5.32 Å². The maximum Gasteiger partial charge on any atom is 0.242 e. The standard InChI is InChI=1S/C18H19FN4O3S4/c1-23(30(25,26)15-8-6-13(19)7-9-15)10-2-5-16(24)20-17-21-22-18(29-17)28-12-14-4-3-11-27-14/h3-4,6-9,11H,2,5,10,12H2,1H3,(H,20,21,24). The molecule has 0 aliphatic heterocycles. The van der Waals surface area contributed by atoms with Gasteiger partial charge in [-0.2, -0.15) is 0 Å². The molecule has 0 saturated heterocycles. The lowest BCUT2D eigenvalue weighted by Crippen LogP contribution is -2.28. The molecule has 12 heteroatoms. The molecule has 0 aliphatic rings. The van der Waals surface area contributed by atoms with Crippen LogP contribution in [0.4, 0.5) is 9.52 Å². The van der Waals surface area contributed by atoms with Crippen LogP contribution in [-0.4, -0.2) is 42.4 Å². The summed E-state index contributed by atoms with van der Waals surface area (Å²) in [5, 5.41) is 13.2. The van der Waals surface area contributed by atoms with Crippen molar-refractivity contribution in [1.82, 2.24) is 14.5 Å². The Hall–Kier alpha value is -1.86. The fourth-order valence-electron chi connectivity index (χ4n) is 2.40. The highest BCUT2D eigenvalue weighted by Crippen LogP contribution is 2.29. The SMILES string of the molecule is CN(CCCC(=O)Nc1nnc(SCc2cccs2)s1)S(=O)(=O)c1ccc(F)cc1. The van der Waals surface area contributed by atoms with Crippen LogP contribution in [0, 0.1) is 5.82 Å². The van der Waals surface area contributed by atoms with Crippen LogP contribution in [0.1, 0.15) is 17.7 Å². The first-order valence-corrected chi connectivity index (χ1v) is 13.0. The zero-order valence-corrected chi connectivity index (χ0v) is 19.2. The van der Waals surface area contributed by atoms with Gasteiger partial charge >= 0.3 is 0 Å². The fraction of sp³-hybridized carbons (Fsp3) is 0.278. The number of thiophene rings is 1. The predicted octanol–water partition coefficient (Wildman–Crippen LogP) is 4.07. The molecule has 3 aromatic rings. The topological polar surface area (TPSA) is 92.3 Å². The van der Waals surface area contributed by atoms with Gasteiger partial charge in [0.05, 0.1) is 4.90 Å². The molecule has 7 nitrogen and oxygen atoms in total. The molecule has 30 heavy (non-hydrogen) atoms. The van der Waals surface area contributed by atoms with E-state index in [-0.39, 0.29) is 23.8 Å². The molecule has 0 spiro atoms. The maximum absolute atomic E-state index is 13.0. The van der Waals surface area contributed by atoms with E-state index in [4.69, 9.17) is 0 Å². The van der Waals surface area contributed by atoms with Gasteiger partial charge in [0.15, 0.2) is 4.34 Å². The molecule has 0 radical (unpaired) electrons. The summed E-state index contributed by atoms with van der Waals surface area (Å²) in [4.78, 5) is 13.4. The normalized spacial score (nSPS) is 11.7. The summed E-state index contributed by atoms with van der Waals surface area (Å²) in [5.74, 6) is 0.0429. The molecule has 2 heterocycles. The molecule has 0 unspecified atom stereocenters. The Morgan fingerprint density at radius 3 is 2.70 bits per heavy atom. The Bertz CT molecular complexity index is 1070. The number of hydrogen-bond donors (Lipinski definition) is 1. The molecule has 0 atom stereocenters. The number of rotatable bonds is 10. The first kappa shape index (κ1) is 22.8. The minimum absolute atomic E-state index is 0.0114. The van der Waals surface area contributed by atoms with Gasteiger partial charge in [-0.15, -0.1) is 21.5 Å². The summed E-state index contributed by atoms with van der Waals surface area (Å²) in [6.07, 6.45) is 0.474. The van der Waals surface area contributed by atoms with Gasteiger partial charge in [0.1, 0.15) is 5.82 Å². The van der Waals surface area contributed by atoms with Gasteiger partial charge in [-0.1, -0.05) is 29.2 Å². The molecule has 0 fully saturated rings. The fourth-order valence-corrected chi connectivity index (χ4v) is 6.15. The molecule has 0 bridgehead atoms. The Morgan fingerprint density at radius 2 is 2.00 bits per heavy atom. The average Bonchev–Trinajstić information content (AvgIpc) is 3.38. The molecular weight excluding hydrogens is 467 g/mol. The number of thioether (sulfide) groups is 1. The van der Waals surface area contributed by atoms with Gasteiger partial charge in [0, 0.05) is 30.6 Å². The Balaban J connectivity index is 1.43. The Morgan fingerprint density at radius 1 is 1.23 bits per heavy atom.